The molecule has 170 valence electrons. The van der Waals surface area contributed by atoms with Crippen LogP contribution < -0.4 is 0 Å². The number of carbonyl (C=O) groups excluding carboxylic acids is 2. The number of hydrogen-bond acceptors (Lipinski definition) is 6. The summed E-state index contributed by atoms with van der Waals surface area (Å²) in [5.74, 6) is 0.213. The highest BCUT2D eigenvalue weighted by atomic mass is 16.5. The summed E-state index contributed by atoms with van der Waals surface area (Å²) < 4.78 is 9.17. The van der Waals surface area contributed by atoms with Crippen molar-refractivity contribution in [2.24, 2.45) is 11.3 Å². The molecule has 0 bridgehead atoms. The minimum Gasteiger partial charge on any atom is -0.443 e. The van der Waals surface area contributed by atoms with E-state index in [2.05, 4.69) is 15.3 Å². The minimum atomic E-state index is -0.565. The molecule has 8 nitrogen and oxygen atoms in total. The molecule has 32 heavy (non-hydrogen) atoms. The van der Waals surface area contributed by atoms with Gasteiger partial charge in [-0.05, 0) is 45.6 Å². The number of carbonyl (C=O) groups is 2. The Labute approximate surface area is 188 Å². The van der Waals surface area contributed by atoms with Crippen LogP contribution >= 0.6 is 0 Å². The van der Waals surface area contributed by atoms with E-state index in [-0.39, 0.29) is 18.7 Å². The zero-order chi connectivity index (χ0) is 22.7. The minimum absolute atomic E-state index is 0.0834. The molecule has 0 aliphatic heterocycles. The van der Waals surface area contributed by atoms with E-state index in [0.29, 0.717) is 18.0 Å². The van der Waals surface area contributed by atoms with Crippen molar-refractivity contribution in [2.75, 3.05) is 0 Å². The Bertz CT molecular complexity index is 1090. The van der Waals surface area contributed by atoms with Gasteiger partial charge in [-0.15, -0.1) is 5.10 Å². The van der Waals surface area contributed by atoms with Crippen LogP contribution in [0.5, 0.6) is 0 Å². The van der Waals surface area contributed by atoms with Crippen molar-refractivity contribution in [2.45, 2.75) is 72.1 Å². The molecule has 1 atom stereocenters. The topological polar surface area (TPSA) is 91.9 Å². The second-order valence-electron chi connectivity index (χ2n) is 9.67. The summed E-state index contributed by atoms with van der Waals surface area (Å²) in [4.78, 5) is 23.5. The van der Waals surface area contributed by atoms with Crippen LogP contribution in [-0.2, 0) is 21.1 Å². The van der Waals surface area contributed by atoms with E-state index in [1.54, 1.807) is 10.8 Å². The van der Waals surface area contributed by atoms with Crippen LogP contribution in [0.3, 0.4) is 0 Å². The van der Waals surface area contributed by atoms with Crippen molar-refractivity contribution in [1.82, 2.24) is 24.5 Å². The maximum atomic E-state index is 12.1. The smallest absolute Gasteiger partial charge is 0.312 e. The first kappa shape index (κ1) is 22.2. The predicted molar refractivity (Wildman–Crippen MR) is 121 cm³/mol. The van der Waals surface area contributed by atoms with E-state index in [4.69, 9.17) is 4.74 Å². The highest BCUT2D eigenvalue weighted by molar-refractivity contribution is 5.92. The second-order valence-corrected chi connectivity index (χ2v) is 9.67. The van der Waals surface area contributed by atoms with Crippen molar-refractivity contribution in [3.05, 3.63) is 30.9 Å². The summed E-state index contributed by atoms with van der Waals surface area (Å²) in [6.45, 7) is 5.55. The Hall–Kier alpha value is -3.03. The molecule has 8 heteroatoms. The van der Waals surface area contributed by atoms with Gasteiger partial charge in [0, 0.05) is 35.3 Å². The van der Waals surface area contributed by atoms with Gasteiger partial charge in [0.1, 0.15) is 6.29 Å². The number of esters is 1. The summed E-state index contributed by atoms with van der Waals surface area (Å²) in [6.07, 6.45) is 14.9. The maximum Gasteiger partial charge on any atom is 0.312 e. The monoisotopic (exact) mass is 437 g/mol. The number of aromatic nitrogens is 5. The fourth-order valence-electron chi connectivity index (χ4n) is 4.47. The number of hydrogen-bond donors (Lipinski definition) is 0. The lowest BCUT2D eigenvalue weighted by atomic mass is 9.83. The average molecular weight is 438 g/mol. The van der Waals surface area contributed by atoms with Crippen LogP contribution in [0, 0.1) is 11.3 Å². The third-order valence-corrected chi connectivity index (χ3v) is 6.29. The molecule has 0 amide bonds. The molecule has 1 aliphatic carbocycles. The average Bonchev–Trinajstić information content (AvgIpc) is 3.43. The summed E-state index contributed by atoms with van der Waals surface area (Å²) in [7, 11) is 0. The number of ether oxygens (including phenoxy) is 1. The maximum absolute atomic E-state index is 12.1. The normalized spacial score (nSPS) is 16.2. The van der Waals surface area contributed by atoms with Crippen molar-refractivity contribution in [1.29, 1.82) is 0 Å². The van der Waals surface area contributed by atoms with E-state index in [1.807, 2.05) is 50.1 Å². The van der Waals surface area contributed by atoms with Gasteiger partial charge >= 0.3 is 5.97 Å². The quantitative estimate of drug-likeness (QED) is 0.398. The first-order valence-electron chi connectivity index (χ1n) is 11.3. The molecule has 4 rings (SSSR count). The van der Waals surface area contributed by atoms with E-state index >= 15 is 0 Å². The van der Waals surface area contributed by atoms with Gasteiger partial charge in [-0.2, -0.15) is 10.2 Å². The summed E-state index contributed by atoms with van der Waals surface area (Å²) >= 11 is 0. The van der Waals surface area contributed by atoms with Crippen LogP contribution in [0.15, 0.2) is 30.9 Å². The molecule has 3 aromatic rings. The first-order valence-corrected chi connectivity index (χ1v) is 11.3. The molecule has 1 aliphatic rings. The predicted octanol–water partition coefficient (Wildman–Crippen LogP) is 4.55. The van der Waals surface area contributed by atoms with Gasteiger partial charge in [-0.25, -0.2) is 0 Å². The fourth-order valence-corrected chi connectivity index (χ4v) is 4.47. The van der Waals surface area contributed by atoms with Crippen LogP contribution in [0.2, 0.25) is 0 Å². The molecule has 0 aromatic carbocycles. The van der Waals surface area contributed by atoms with Crippen molar-refractivity contribution >= 4 is 23.3 Å². The van der Waals surface area contributed by atoms with Gasteiger partial charge in [-0.1, -0.05) is 19.3 Å². The molecule has 0 N–H and O–H groups in total. The molecule has 0 unspecified atom stereocenters. The summed E-state index contributed by atoms with van der Waals surface area (Å²) in [5.41, 5.74) is 1.93. The SMILES string of the molecule is CC(C)(C)C(=O)OCn1ccc2c(-c3cnn([C@H](CC=O)C4CCCCC4)c3)cnnc21. The number of rotatable bonds is 7. The van der Waals surface area contributed by atoms with E-state index < -0.39 is 5.41 Å². The molecule has 3 aromatic heterocycles. The van der Waals surface area contributed by atoms with Crippen LogP contribution in [0.25, 0.3) is 22.2 Å². The Morgan fingerprint density at radius 1 is 1.25 bits per heavy atom. The molecule has 1 fully saturated rings. The number of fused-ring (bicyclic) bond motifs is 1. The fraction of sp³-hybridized carbons (Fsp3) is 0.542. The molecular formula is C24H31N5O3. The van der Waals surface area contributed by atoms with Crippen molar-refractivity contribution in [3.63, 3.8) is 0 Å². The van der Waals surface area contributed by atoms with Gasteiger partial charge in [0.15, 0.2) is 12.4 Å². The van der Waals surface area contributed by atoms with Gasteiger partial charge in [0.2, 0.25) is 0 Å². The summed E-state index contributed by atoms with van der Waals surface area (Å²) in [6, 6.07) is 2.04. The van der Waals surface area contributed by atoms with Crippen LogP contribution in [0.1, 0.15) is 65.3 Å². The number of nitrogens with zero attached hydrogens (tertiary/aromatic N) is 5. The zero-order valence-electron chi connectivity index (χ0n) is 19.0. The Balaban J connectivity index is 1.59. The molecule has 1 saturated carbocycles. The lowest BCUT2D eigenvalue weighted by Gasteiger charge is -2.29. The largest absolute Gasteiger partial charge is 0.443 e. The standard InChI is InChI=1S/C24H31N5O3/c1-24(2,3)23(31)32-16-28-11-9-19-20(14-25-27-22(19)28)18-13-26-29(15-18)21(10-12-30)17-7-5-4-6-8-17/h9,11-15,17,21H,4-8,10,16H2,1-3H3/t21-/m1/s1. The molecule has 3 heterocycles. The van der Waals surface area contributed by atoms with Gasteiger partial charge in [0.05, 0.1) is 23.9 Å². The first-order chi connectivity index (χ1) is 15.4. The van der Waals surface area contributed by atoms with Crippen LogP contribution in [0.4, 0.5) is 0 Å². The lowest BCUT2D eigenvalue weighted by Crippen LogP contribution is -2.23. The van der Waals surface area contributed by atoms with Gasteiger partial charge in [0.25, 0.3) is 0 Å². The highest BCUT2D eigenvalue weighted by Gasteiger charge is 2.26. The zero-order valence-corrected chi connectivity index (χ0v) is 19.0. The molecule has 0 spiro atoms. The second kappa shape index (κ2) is 9.22. The Morgan fingerprint density at radius 3 is 2.75 bits per heavy atom. The number of aldehydes is 1. The van der Waals surface area contributed by atoms with Crippen molar-refractivity contribution < 1.29 is 14.3 Å². The Kier molecular flexibility index (Phi) is 6.39. The third kappa shape index (κ3) is 4.59. The van der Waals surface area contributed by atoms with Gasteiger partial charge in [-0.3, -0.25) is 14.0 Å². The van der Waals surface area contributed by atoms with Gasteiger partial charge < -0.3 is 9.53 Å². The molecule has 0 radical (unpaired) electrons. The third-order valence-electron chi connectivity index (χ3n) is 6.29. The van der Waals surface area contributed by atoms with Crippen molar-refractivity contribution in [3.8, 4) is 11.1 Å². The van der Waals surface area contributed by atoms with E-state index in [9.17, 15) is 9.59 Å². The molecule has 0 saturated heterocycles. The van der Waals surface area contributed by atoms with Crippen LogP contribution in [-0.4, -0.2) is 36.8 Å². The summed E-state index contributed by atoms with van der Waals surface area (Å²) in [5, 5.41) is 14.0. The van der Waals surface area contributed by atoms with E-state index in [0.717, 1.165) is 35.6 Å². The van der Waals surface area contributed by atoms with E-state index in [1.165, 1.54) is 19.3 Å². The molecular weight excluding hydrogens is 406 g/mol. The lowest BCUT2D eigenvalue weighted by molar-refractivity contribution is -0.156. The highest BCUT2D eigenvalue weighted by Crippen LogP contribution is 2.35. The Morgan fingerprint density at radius 2 is 2.03 bits per heavy atom.